The zero-order valence-corrected chi connectivity index (χ0v) is 17.2. The minimum Gasteiger partial charge on any atom is -0.379 e. The lowest BCUT2D eigenvalue weighted by Crippen LogP contribution is -2.39. The number of piperidine rings is 1. The standard InChI is InChI=1S/C24H29N5O/c25-24(30)20-11-14-29(15-12-20)13-10-18-6-8-21(9-7-18)26-17-22-16-23(28-27-22)19-4-2-1-3-5-19/h1-9,16,20,26H,10-15,17H2,(H2,25,30)(H,27,28). The Balaban J connectivity index is 1.22. The van der Waals surface area contributed by atoms with Crippen LogP contribution >= 0.6 is 0 Å². The quantitative estimate of drug-likeness (QED) is 0.538. The van der Waals surface area contributed by atoms with Crippen LogP contribution in [-0.4, -0.2) is 40.6 Å². The van der Waals surface area contributed by atoms with Crippen LogP contribution in [0.3, 0.4) is 0 Å². The van der Waals surface area contributed by atoms with Crippen LogP contribution < -0.4 is 11.1 Å². The summed E-state index contributed by atoms with van der Waals surface area (Å²) in [5.41, 5.74) is 11.0. The zero-order chi connectivity index (χ0) is 20.8. The summed E-state index contributed by atoms with van der Waals surface area (Å²) in [5.74, 6) is -0.0885. The smallest absolute Gasteiger partial charge is 0.220 e. The molecule has 6 nitrogen and oxygen atoms in total. The SMILES string of the molecule is NC(=O)C1CCN(CCc2ccc(NCc3cc(-c4ccccc4)n[nH]3)cc2)CC1. The molecular weight excluding hydrogens is 374 g/mol. The van der Waals surface area contributed by atoms with Crippen LogP contribution in [0.5, 0.6) is 0 Å². The van der Waals surface area contributed by atoms with Gasteiger partial charge in [0.05, 0.1) is 17.9 Å². The number of hydrogen-bond donors (Lipinski definition) is 3. The van der Waals surface area contributed by atoms with Crippen molar-refractivity contribution in [1.29, 1.82) is 0 Å². The molecule has 0 atom stereocenters. The number of H-pyrrole nitrogens is 1. The Labute approximate surface area is 177 Å². The van der Waals surface area contributed by atoms with E-state index >= 15 is 0 Å². The molecule has 6 heteroatoms. The van der Waals surface area contributed by atoms with Gasteiger partial charge in [0, 0.05) is 23.7 Å². The Bertz CT molecular complexity index is 943. The first-order valence-electron chi connectivity index (χ1n) is 10.6. The second-order valence-electron chi connectivity index (χ2n) is 7.96. The molecule has 156 valence electrons. The summed E-state index contributed by atoms with van der Waals surface area (Å²) in [7, 11) is 0. The number of anilines is 1. The van der Waals surface area contributed by atoms with Crippen LogP contribution in [-0.2, 0) is 17.8 Å². The largest absolute Gasteiger partial charge is 0.379 e. The van der Waals surface area contributed by atoms with E-state index in [1.165, 1.54) is 5.56 Å². The molecule has 0 spiro atoms. The third kappa shape index (κ3) is 5.27. The van der Waals surface area contributed by atoms with Crippen LogP contribution in [0, 0.1) is 5.92 Å². The molecule has 30 heavy (non-hydrogen) atoms. The first kappa shape index (κ1) is 20.2. The van der Waals surface area contributed by atoms with Gasteiger partial charge in [-0.2, -0.15) is 5.10 Å². The normalized spacial score (nSPS) is 15.2. The van der Waals surface area contributed by atoms with Crippen LogP contribution in [0.15, 0.2) is 60.7 Å². The average molecular weight is 404 g/mol. The minimum absolute atomic E-state index is 0.0604. The molecular formula is C24H29N5O. The summed E-state index contributed by atoms with van der Waals surface area (Å²) in [6.45, 7) is 3.65. The van der Waals surface area contributed by atoms with Gasteiger partial charge in [-0.3, -0.25) is 9.89 Å². The van der Waals surface area contributed by atoms with E-state index in [2.05, 4.69) is 62.9 Å². The molecule has 0 aliphatic carbocycles. The second-order valence-corrected chi connectivity index (χ2v) is 7.96. The van der Waals surface area contributed by atoms with Gasteiger partial charge in [-0.05, 0) is 56.1 Å². The van der Waals surface area contributed by atoms with Gasteiger partial charge in [0.25, 0.3) is 0 Å². The summed E-state index contributed by atoms with van der Waals surface area (Å²) >= 11 is 0. The molecule has 2 heterocycles. The molecule has 0 saturated carbocycles. The van der Waals surface area contributed by atoms with Gasteiger partial charge in [0.15, 0.2) is 0 Å². The molecule has 1 saturated heterocycles. The molecule has 1 aliphatic heterocycles. The first-order chi connectivity index (χ1) is 14.7. The zero-order valence-electron chi connectivity index (χ0n) is 17.2. The number of amides is 1. The van der Waals surface area contributed by atoms with E-state index < -0.39 is 0 Å². The fourth-order valence-electron chi connectivity index (χ4n) is 3.92. The Morgan fingerprint density at radius 1 is 1.10 bits per heavy atom. The van der Waals surface area contributed by atoms with Crippen molar-refractivity contribution in [3.8, 4) is 11.3 Å². The van der Waals surface area contributed by atoms with Crippen molar-refractivity contribution in [3.63, 3.8) is 0 Å². The summed E-state index contributed by atoms with van der Waals surface area (Å²) in [5, 5.41) is 11.0. The Morgan fingerprint density at radius 3 is 2.53 bits per heavy atom. The van der Waals surface area contributed by atoms with Crippen molar-refractivity contribution in [2.45, 2.75) is 25.8 Å². The number of primary amides is 1. The topological polar surface area (TPSA) is 87.0 Å². The predicted molar refractivity (Wildman–Crippen MR) is 120 cm³/mol. The highest BCUT2D eigenvalue weighted by molar-refractivity contribution is 5.76. The van der Waals surface area contributed by atoms with Gasteiger partial charge in [-0.1, -0.05) is 42.5 Å². The Hall–Kier alpha value is -3.12. The number of nitrogens with two attached hydrogens (primary N) is 1. The molecule has 1 aliphatic rings. The second kappa shape index (κ2) is 9.59. The van der Waals surface area contributed by atoms with Crippen molar-refractivity contribution >= 4 is 11.6 Å². The summed E-state index contributed by atoms with van der Waals surface area (Å²) in [6, 6.07) is 20.9. The number of carbonyl (C=O) groups excluding carboxylic acids is 1. The molecule has 0 bridgehead atoms. The fraction of sp³-hybridized carbons (Fsp3) is 0.333. The molecule has 2 aromatic carbocycles. The third-order valence-corrected chi connectivity index (χ3v) is 5.84. The van der Waals surface area contributed by atoms with E-state index in [0.29, 0.717) is 6.54 Å². The van der Waals surface area contributed by atoms with E-state index in [4.69, 9.17) is 5.73 Å². The molecule has 4 N–H and O–H groups in total. The molecule has 1 amide bonds. The number of benzene rings is 2. The van der Waals surface area contributed by atoms with E-state index in [1.807, 2.05) is 18.2 Å². The molecule has 1 aromatic heterocycles. The Morgan fingerprint density at radius 2 is 1.83 bits per heavy atom. The maximum absolute atomic E-state index is 11.3. The van der Waals surface area contributed by atoms with Crippen molar-refractivity contribution < 1.29 is 4.79 Å². The number of nitrogens with zero attached hydrogens (tertiary/aromatic N) is 2. The average Bonchev–Trinajstić information content (AvgIpc) is 3.27. The number of likely N-dealkylation sites (tertiary alicyclic amines) is 1. The number of aromatic amines is 1. The summed E-state index contributed by atoms with van der Waals surface area (Å²) in [4.78, 5) is 13.7. The fourth-order valence-corrected chi connectivity index (χ4v) is 3.92. The lowest BCUT2D eigenvalue weighted by molar-refractivity contribution is -0.123. The van der Waals surface area contributed by atoms with Gasteiger partial charge in [0.2, 0.25) is 5.91 Å². The predicted octanol–water partition coefficient (Wildman–Crippen LogP) is 3.43. The lowest BCUT2D eigenvalue weighted by atomic mass is 9.96. The number of carbonyl (C=O) groups is 1. The molecule has 4 rings (SSSR count). The molecule has 0 radical (unpaired) electrons. The van der Waals surface area contributed by atoms with Crippen molar-refractivity contribution in [1.82, 2.24) is 15.1 Å². The van der Waals surface area contributed by atoms with Gasteiger partial charge < -0.3 is 16.0 Å². The highest BCUT2D eigenvalue weighted by Crippen LogP contribution is 2.19. The van der Waals surface area contributed by atoms with Crippen molar-refractivity contribution in [2.75, 3.05) is 25.0 Å². The van der Waals surface area contributed by atoms with Gasteiger partial charge in [-0.25, -0.2) is 0 Å². The maximum Gasteiger partial charge on any atom is 0.220 e. The molecule has 3 aromatic rings. The highest BCUT2D eigenvalue weighted by Gasteiger charge is 2.22. The third-order valence-electron chi connectivity index (χ3n) is 5.84. The molecule has 0 unspecified atom stereocenters. The number of hydrogen-bond acceptors (Lipinski definition) is 4. The first-order valence-corrected chi connectivity index (χ1v) is 10.6. The maximum atomic E-state index is 11.3. The van der Waals surface area contributed by atoms with E-state index in [1.54, 1.807) is 0 Å². The van der Waals surface area contributed by atoms with Gasteiger partial charge in [0.1, 0.15) is 0 Å². The number of rotatable bonds is 8. The summed E-state index contributed by atoms with van der Waals surface area (Å²) < 4.78 is 0. The van der Waals surface area contributed by atoms with Gasteiger partial charge in [-0.15, -0.1) is 0 Å². The lowest BCUT2D eigenvalue weighted by Gasteiger charge is -2.30. The van der Waals surface area contributed by atoms with Crippen LogP contribution in [0.2, 0.25) is 0 Å². The van der Waals surface area contributed by atoms with E-state index in [9.17, 15) is 4.79 Å². The van der Waals surface area contributed by atoms with Crippen LogP contribution in [0.4, 0.5) is 5.69 Å². The van der Waals surface area contributed by atoms with Crippen molar-refractivity contribution in [3.05, 3.63) is 71.9 Å². The molecule has 1 fully saturated rings. The van der Waals surface area contributed by atoms with E-state index in [-0.39, 0.29) is 11.8 Å². The monoisotopic (exact) mass is 403 g/mol. The van der Waals surface area contributed by atoms with Crippen LogP contribution in [0.25, 0.3) is 11.3 Å². The minimum atomic E-state index is -0.149. The number of aromatic nitrogens is 2. The van der Waals surface area contributed by atoms with Crippen molar-refractivity contribution in [2.24, 2.45) is 11.7 Å². The van der Waals surface area contributed by atoms with Gasteiger partial charge >= 0.3 is 0 Å². The summed E-state index contributed by atoms with van der Waals surface area (Å²) in [6.07, 6.45) is 2.79. The Kier molecular flexibility index (Phi) is 6.44. The van der Waals surface area contributed by atoms with E-state index in [0.717, 1.165) is 61.5 Å². The highest BCUT2D eigenvalue weighted by atomic mass is 16.1. The number of nitrogens with one attached hydrogen (secondary N) is 2. The van der Waals surface area contributed by atoms with Crippen LogP contribution in [0.1, 0.15) is 24.1 Å².